The van der Waals surface area contributed by atoms with E-state index in [0.29, 0.717) is 11.4 Å². The summed E-state index contributed by atoms with van der Waals surface area (Å²) in [6.45, 7) is 4.35. The van der Waals surface area contributed by atoms with Gasteiger partial charge in [0.2, 0.25) is 0 Å². The largest absolute Gasteiger partial charge is 0.374 e. The summed E-state index contributed by atoms with van der Waals surface area (Å²) in [6, 6.07) is 8.82. The van der Waals surface area contributed by atoms with Crippen molar-refractivity contribution in [2.24, 2.45) is 10.3 Å². The van der Waals surface area contributed by atoms with E-state index in [2.05, 4.69) is 15.1 Å². The summed E-state index contributed by atoms with van der Waals surface area (Å²) >= 11 is 0. The van der Waals surface area contributed by atoms with Gasteiger partial charge in [0, 0.05) is 13.3 Å². The molecular formula is C15H17N3O4. The standard InChI is InChI=1S/C15H17N3O4/c1-10(17-22-12(3)19)9-15(21)11(2)16-18(14(15)20)13-7-5-4-6-8-13/h4-8,21H,9H2,1-3H3/b17-10+. The number of carbonyl (C=O) groups is 2. The highest BCUT2D eigenvalue weighted by atomic mass is 16.7. The van der Waals surface area contributed by atoms with Crippen molar-refractivity contribution in [3.8, 4) is 0 Å². The number of rotatable bonds is 4. The zero-order valence-electron chi connectivity index (χ0n) is 12.6. The molecule has 1 aliphatic rings. The minimum atomic E-state index is -1.79. The van der Waals surface area contributed by atoms with Crippen molar-refractivity contribution < 1.29 is 19.5 Å². The van der Waals surface area contributed by atoms with Gasteiger partial charge in [-0.05, 0) is 26.0 Å². The summed E-state index contributed by atoms with van der Waals surface area (Å²) < 4.78 is 0. The molecule has 1 unspecified atom stereocenters. The van der Waals surface area contributed by atoms with Gasteiger partial charge in [-0.15, -0.1) is 0 Å². The molecule has 0 aliphatic carbocycles. The van der Waals surface area contributed by atoms with Gasteiger partial charge in [0.25, 0.3) is 5.91 Å². The van der Waals surface area contributed by atoms with E-state index in [1.807, 2.05) is 6.07 Å². The maximum atomic E-state index is 12.5. The third-order valence-electron chi connectivity index (χ3n) is 3.24. The van der Waals surface area contributed by atoms with Crippen molar-refractivity contribution in [2.75, 3.05) is 5.01 Å². The molecule has 7 nitrogen and oxygen atoms in total. The molecule has 1 N–H and O–H groups in total. The fourth-order valence-electron chi connectivity index (χ4n) is 2.10. The van der Waals surface area contributed by atoms with Gasteiger partial charge in [-0.25, -0.2) is 4.79 Å². The maximum Gasteiger partial charge on any atom is 0.331 e. The molecule has 2 rings (SSSR count). The van der Waals surface area contributed by atoms with Gasteiger partial charge in [-0.3, -0.25) is 4.79 Å². The highest BCUT2D eigenvalue weighted by molar-refractivity contribution is 6.22. The number of aliphatic hydroxyl groups is 1. The molecule has 116 valence electrons. The lowest BCUT2D eigenvalue weighted by Gasteiger charge is -2.21. The number of hydrazone groups is 1. The van der Waals surface area contributed by atoms with E-state index in [1.54, 1.807) is 38.1 Å². The fourth-order valence-corrected chi connectivity index (χ4v) is 2.10. The Morgan fingerprint density at radius 1 is 1.36 bits per heavy atom. The second-order valence-corrected chi connectivity index (χ2v) is 5.08. The normalized spacial score (nSPS) is 21.8. The van der Waals surface area contributed by atoms with E-state index in [-0.39, 0.29) is 12.1 Å². The number of carbonyl (C=O) groups excluding carboxylic acids is 2. The van der Waals surface area contributed by atoms with Crippen molar-refractivity contribution in [1.82, 2.24) is 0 Å². The van der Waals surface area contributed by atoms with E-state index in [9.17, 15) is 14.7 Å². The molecule has 1 aliphatic heterocycles. The second-order valence-electron chi connectivity index (χ2n) is 5.08. The predicted octanol–water partition coefficient (Wildman–Crippen LogP) is 1.47. The Labute approximate surface area is 127 Å². The van der Waals surface area contributed by atoms with Gasteiger partial charge in [0.1, 0.15) is 0 Å². The molecule has 22 heavy (non-hydrogen) atoms. The van der Waals surface area contributed by atoms with Crippen molar-refractivity contribution >= 4 is 29.0 Å². The molecule has 0 radical (unpaired) electrons. The smallest absolute Gasteiger partial charge is 0.331 e. The van der Waals surface area contributed by atoms with E-state index in [4.69, 9.17) is 0 Å². The van der Waals surface area contributed by atoms with Crippen molar-refractivity contribution in [1.29, 1.82) is 0 Å². The van der Waals surface area contributed by atoms with Gasteiger partial charge in [-0.1, -0.05) is 23.4 Å². The number of hydrogen-bond acceptors (Lipinski definition) is 6. The number of oxime groups is 1. The summed E-state index contributed by atoms with van der Waals surface area (Å²) in [5.74, 6) is -1.13. The van der Waals surface area contributed by atoms with Gasteiger partial charge < -0.3 is 9.94 Å². The highest BCUT2D eigenvalue weighted by Gasteiger charge is 2.48. The molecule has 0 fully saturated rings. The zero-order valence-corrected chi connectivity index (χ0v) is 12.6. The SMILES string of the molecule is CC(=O)O/N=C(\C)CC1(O)C(=O)N(c2ccccc2)N=C1C. The fraction of sp³-hybridized carbons (Fsp3) is 0.333. The van der Waals surface area contributed by atoms with Gasteiger partial charge in [0.15, 0.2) is 5.60 Å². The lowest BCUT2D eigenvalue weighted by Crippen LogP contribution is -2.47. The van der Waals surface area contributed by atoms with Crippen LogP contribution in [0.5, 0.6) is 0 Å². The Kier molecular flexibility index (Phi) is 4.37. The van der Waals surface area contributed by atoms with Gasteiger partial charge >= 0.3 is 5.97 Å². The Morgan fingerprint density at radius 2 is 2.00 bits per heavy atom. The molecule has 0 bridgehead atoms. The van der Waals surface area contributed by atoms with Crippen LogP contribution >= 0.6 is 0 Å². The van der Waals surface area contributed by atoms with Crippen LogP contribution in [-0.2, 0) is 14.4 Å². The van der Waals surface area contributed by atoms with Crippen LogP contribution in [0.25, 0.3) is 0 Å². The van der Waals surface area contributed by atoms with Crippen molar-refractivity contribution in [3.63, 3.8) is 0 Å². The first-order valence-corrected chi connectivity index (χ1v) is 6.73. The number of anilines is 1. The third-order valence-corrected chi connectivity index (χ3v) is 3.24. The van der Waals surface area contributed by atoms with Crippen LogP contribution in [0.3, 0.4) is 0 Å². The lowest BCUT2D eigenvalue weighted by atomic mass is 9.92. The number of para-hydroxylation sites is 1. The summed E-state index contributed by atoms with van der Waals surface area (Å²) in [7, 11) is 0. The first-order valence-electron chi connectivity index (χ1n) is 6.73. The van der Waals surface area contributed by atoms with Crippen LogP contribution in [0, 0.1) is 0 Å². The monoisotopic (exact) mass is 303 g/mol. The first-order chi connectivity index (χ1) is 10.3. The summed E-state index contributed by atoms with van der Waals surface area (Å²) in [5.41, 5.74) is -0.643. The molecule has 0 saturated heterocycles. The highest BCUT2D eigenvalue weighted by Crippen LogP contribution is 2.29. The van der Waals surface area contributed by atoms with Crippen LogP contribution in [0.2, 0.25) is 0 Å². The lowest BCUT2D eigenvalue weighted by molar-refractivity contribution is -0.141. The Morgan fingerprint density at radius 3 is 2.59 bits per heavy atom. The number of nitrogens with zero attached hydrogens (tertiary/aromatic N) is 3. The quantitative estimate of drug-likeness (QED) is 0.518. The minimum absolute atomic E-state index is 0.0994. The Hall–Kier alpha value is -2.54. The first kappa shape index (κ1) is 15.8. The number of amides is 1. The van der Waals surface area contributed by atoms with Crippen LogP contribution < -0.4 is 5.01 Å². The summed E-state index contributed by atoms with van der Waals surface area (Å²) in [5, 5.41) is 19.5. The molecule has 1 amide bonds. The molecule has 0 saturated carbocycles. The Bertz CT molecular complexity index is 654. The van der Waals surface area contributed by atoms with Crippen molar-refractivity contribution in [2.45, 2.75) is 32.8 Å². The molecular weight excluding hydrogens is 286 g/mol. The molecule has 0 aromatic heterocycles. The summed E-state index contributed by atoms with van der Waals surface area (Å²) in [6.07, 6.45) is -0.0994. The van der Waals surface area contributed by atoms with Crippen LogP contribution in [0.15, 0.2) is 40.6 Å². The minimum Gasteiger partial charge on any atom is -0.374 e. The molecule has 1 atom stereocenters. The Balaban J connectivity index is 2.22. The number of hydrogen-bond donors (Lipinski definition) is 1. The van der Waals surface area contributed by atoms with E-state index in [0.717, 1.165) is 5.01 Å². The summed E-state index contributed by atoms with van der Waals surface area (Å²) in [4.78, 5) is 27.8. The number of benzene rings is 1. The van der Waals surface area contributed by atoms with E-state index >= 15 is 0 Å². The molecule has 1 heterocycles. The van der Waals surface area contributed by atoms with Gasteiger partial charge in [0.05, 0.1) is 17.1 Å². The average Bonchev–Trinajstić information content (AvgIpc) is 2.70. The maximum absolute atomic E-state index is 12.5. The molecule has 1 aromatic carbocycles. The molecule has 1 aromatic rings. The van der Waals surface area contributed by atoms with Crippen LogP contribution in [0.4, 0.5) is 5.69 Å². The third kappa shape index (κ3) is 3.04. The molecule has 0 spiro atoms. The molecule has 7 heteroatoms. The van der Waals surface area contributed by atoms with E-state index < -0.39 is 17.5 Å². The predicted molar refractivity (Wildman–Crippen MR) is 81.5 cm³/mol. The zero-order chi connectivity index (χ0) is 16.3. The van der Waals surface area contributed by atoms with E-state index in [1.165, 1.54) is 6.92 Å². The second kappa shape index (κ2) is 6.07. The van der Waals surface area contributed by atoms with Crippen LogP contribution in [0.1, 0.15) is 27.2 Å². The van der Waals surface area contributed by atoms with Crippen LogP contribution in [-0.4, -0.2) is 34.0 Å². The van der Waals surface area contributed by atoms with Gasteiger partial charge in [-0.2, -0.15) is 10.1 Å². The average molecular weight is 303 g/mol. The topological polar surface area (TPSA) is 91.6 Å². The van der Waals surface area contributed by atoms with Crippen molar-refractivity contribution in [3.05, 3.63) is 30.3 Å².